The fraction of sp³-hybridized carbons (Fsp3) is 0.190. The summed E-state index contributed by atoms with van der Waals surface area (Å²) in [7, 11) is 0. The van der Waals surface area contributed by atoms with Crippen LogP contribution in [-0.2, 0) is 11.2 Å². The highest BCUT2D eigenvalue weighted by molar-refractivity contribution is 5.91. The number of benzene rings is 2. The van der Waals surface area contributed by atoms with Crippen molar-refractivity contribution in [2.75, 3.05) is 18.4 Å². The summed E-state index contributed by atoms with van der Waals surface area (Å²) in [5, 5.41) is 24.5. The first-order chi connectivity index (χ1) is 14.1. The third-order valence-corrected chi connectivity index (χ3v) is 4.77. The van der Waals surface area contributed by atoms with E-state index < -0.39 is 0 Å². The number of aromatic nitrogens is 3. The van der Waals surface area contributed by atoms with Crippen LogP contribution in [0, 0.1) is 0 Å². The topological polar surface area (TPSA) is 123 Å². The van der Waals surface area contributed by atoms with Crippen molar-refractivity contribution in [1.82, 2.24) is 20.5 Å². The van der Waals surface area contributed by atoms with Crippen LogP contribution in [0.2, 0.25) is 0 Å². The molecule has 0 aliphatic rings. The summed E-state index contributed by atoms with van der Waals surface area (Å²) in [5.74, 6) is 0.709. The molecule has 0 aliphatic heterocycles. The maximum absolute atomic E-state index is 12.2. The minimum atomic E-state index is -0.219. The fourth-order valence-corrected chi connectivity index (χ4v) is 3.32. The molecule has 4 rings (SSSR count). The number of anilines is 1. The van der Waals surface area contributed by atoms with E-state index in [9.17, 15) is 14.7 Å². The zero-order chi connectivity index (χ0) is 20.2. The number of aromatic hydroxyl groups is 1. The predicted molar refractivity (Wildman–Crippen MR) is 112 cm³/mol. The number of hydrogen-bond donors (Lipinski definition) is 5. The van der Waals surface area contributed by atoms with Gasteiger partial charge in [-0.15, -0.1) is 0 Å². The molecule has 8 nitrogen and oxygen atoms in total. The highest BCUT2D eigenvalue weighted by atomic mass is 16.3. The van der Waals surface area contributed by atoms with Crippen LogP contribution in [0.25, 0.3) is 21.7 Å². The molecule has 0 saturated heterocycles. The van der Waals surface area contributed by atoms with E-state index >= 15 is 0 Å². The fourth-order valence-electron chi connectivity index (χ4n) is 3.32. The minimum absolute atomic E-state index is 0.0816. The van der Waals surface area contributed by atoms with Gasteiger partial charge in [-0.1, -0.05) is 18.2 Å². The van der Waals surface area contributed by atoms with Crippen LogP contribution in [0.4, 0.5) is 5.82 Å². The number of amides is 1. The van der Waals surface area contributed by atoms with Crippen molar-refractivity contribution in [2.45, 2.75) is 12.8 Å². The number of fused-ring (bicyclic) bond motifs is 2. The van der Waals surface area contributed by atoms with Crippen molar-refractivity contribution < 1.29 is 9.90 Å². The Bertz CT molecular complexity index is 1230. The normalized spacial score (nSPS) is 11.0. The van der Waals surface area contributed by atoms with Crippen molar-refractivity contribution in [2.24, 2.45) is 0 Å². The molecule has 2 aromatic heterocycles. The van der Waals surface area contributed by atoms with Gasteiger partial charge in [-0.3, -0.25) is 9.59 Å². The molecule has 0 aliphatic carbocycles. The predicted octanol–water partition coefficient (Wildman–Crippen LogP) is 2.27. The first-order valence-corrected chi connectivity index (χ1v) is 9.39. The number of rotatable bonds is 7. The van der Waals surface area contributed by atoms with Gasteiger partial charge in [0.05, 0.1) is 11.8 Å². The summed E-state index contributed by atoms with van der Waals surface area (Å²) in [6.07, 6.45) is 2.73. The van der Waals surface area contributed by atoms with Gasteiger partial charge in [0, 0.05) is 35.6 Å². The summed E-state index contributed by atoms with van der Waals surface area (Å²) in [6.45, 7) is 1.12. The lowest BCUT2D eigenvalue weighted by Crippen LogP contribution is -2.27. The van der Waals surface area contributed by atoms with Crippen molar-refractivity contribution in [1.29, 1.82) is 0 Å². The van der Waals surface area contributed by atoms with E-state index in [1.165, 1.54) is 0 Å². The van der Waals surface area contributed by atoms with E-state index in [0.29, 0.717) is 30.7 Å². The smallest absolute Gasteiger partial charge is 0.272 e. The Morgan fingerprint density at radius 2 is 1.90 bits per heavy atom. The van der Waals surface area contributed by atoms with Gasteiger partial charge in [-0.25, -0.2) is 5.10 Å². The third kappa shape index (κ3) is 4.06. The number of carbonyl (C=O) groups is 1. The number of carbonyl (C=O) groups excluding carboxylic acids is 1. The van der Waals surface area contributed by atoms with Gasteiger partial charge in [0.25, 0.3) is 5.56 Å². The van der Waals surface area contributed by atoms with Crippen LogP contribution >= 0.6 is 0 Å². The molecule has 0 spiro atoms. The zero-order valence-electron chi connectivity index (χ0n) is 15.7. The van der Waals surface area contributed by atoms with Gasteiger partial charge in [0.15, 0.2) is 5.82 Å². The van der Waals surface area contributed by atoms with Crippen LogP contribution in [0.15, 0.2) is 53.5 Å². The maximum atomic E-state index is 12.2. The number of H-pyrrole nitrogens is 2. The number of nitrogens with one attached hydrogen (secondary N) is 4. The van der Waals surface area contributed by atoms with Crippen LogP contribution in [0.5, 0.6) is 5.75 Å². The summed E-state index contributed by atoms with van der Waals surface area (Å²) < 4.78 is 0. The number of nitrogens with zero attached hydrogens (tertiary/aromatic N) is 1. The zero-order valence-corrected chi connectivity index (χ0v) is 15.7. The minimum Gasteiger partial charge on any atom is -0.508 e. The standard InChI is InChI=1S/C21H21N5O3/c27-14-6-7-18-17(11-14)13(12-24-18)10-19(28)22-8-3-9-23-20-15-4-1-2-5-16(15)21(29)26-25-20/h1-2,4-7,11-12,24,27H,3,8-10H2,(H,22,28)(H,23,25)(H,26,29). The largest absolute Gasteiger partial charge is 0.508 e. The van der Waals surface area contributed by atoms with Crippen LogP contribution in [0.1, 0.15) is 12.0 Å². The molecule has 0 radical (unpaired) electrons. The Labute approximate surface area is 166 Å². The molecule has 1 amide bonds. The van der Waals surface area contributed by atoms with Crippen molar-refractivity contribution in [3.8, 4) is 5.75 Å². The number of phenolic OH excluding ortho intramolecular Hbond substituents is 1. The molecule has 0 saturated carbocycles. The highest BCUT2D eigenvalue weighted by Crippen LogP contribution is 2.23. The number of aromatic amines is 2. The average Bonchev–Trinajstić information content (AvgIpc) is 3.11. The van der Waals surface area contributed by atoms with E-state index in [2.05, 4.69) is 25.8 Å². The first-order valence-electron chi connectivity index (χ1n) is 9.39. The Hall–Kier alpha value is -3.81. The lowest BCUT2D eigenvalue weighted by atomic mass is 10.1. The molecule has 8 heteroatoms. The van der Waals surface area contributed by atoms with Gasteiger partial charge >= 0.3 is 0 Å². The van der Waals surface area contributed by atoms with E-state index in [1.807, 2.05) is 18.2 Å². The van der Waals surface area contributed by atoms with Crippen molar-refractivity contribution in [3.05, 3.63) is 64.6 Å². The molecule has 148 valence electrons. The van der Waals surface area contributed by atoms with Crippen LogP contribution in [0.3, 0.4) is 0 Å². The molecule has 0 fully saturated rings. The summed E-state index contributed by atoms with van der Waals surface area (Å²) in [5.41, 5.74) is 1.51. The van der Waals surface area contributed by atoms with Crippen molar-refractivity contribution >= 4 is 33.4 Å². The Kier molecular flexibility index (Phi) is 5.15. The summed E-state index contributed by atoms with van der Waals surface area (Å²) >= 11 is 0. The van der Waals surface area contributed by atoms with Crippen LogP contribution in [-0.4, -0.2) is 39.3 Å². The number of hydrogen-bond acceptors (Lipinski definition) is 5. The van der Waals surface area contributed by atoms with Crippen molar-refractivity contribution in [3.63, 3.8) is 0 Å². The summed E-state index contributed by atoms with van der Waals surface area (Å²) in [4.78, 5) is 27.1. The molecule has 5 N–H and O–H groups in total. The van der Waals surface area contributed by atoms with Gasteiger partial charge in [0.2, 0.25) is 5.91 Å². The Balaban J connectivity index is 1.28. The molecule has 0 bridgehead atoms. The second kappa shape index (κ2) is 8.05. The molecule has 29 heavy (non-hydrogen) atoms. The van der Waals surface area contributed by atoms with E-state index in [1.54, 1.807) is 30.5 Å². The molecular formula is C21H21N5O3. The maximum Gasteiger partial charge on any atom is 0.272 e. The van der Waals surface area contributed by atoms with Gasteiger partial charge < -0.3 is 20.7 Å². The van der Waals surface area contributed by atoms with Gasteiger partial charge in [0.1, 0.15) is 5.75 Å². The van der Waals surface area contributed by atoms with Crippen LogP contribution < -0.4 is 16.2 Å². The quantitative estimate of drug-likeness (QED) is 0.309. The molecule has 2 aromatic carbocycles. The van der Waals surface area contributed by atoms with E-state index in [-0.39, 0.29) is 23.6 Å². The van der Waals surface area contributed by atoms with Gasteiger partial charge in [-0.2, -0.15) is 5.10 Å². The second-order valence-corrected chi connectivity index (χ2v) is 6.80. The average molecular weight is 391 g/mol. The Morgan fingerprint density at radius 3 is 2.76 bits per heavy atom. The van der Waals surface area contributed by atoms with Gasteiger partial charge in [-0.05, 0) is 36.2 Å². The molecular weight excluding hydrogens is 370 g/mol. The lowest BCUT2D eigenvalue weighted by molar-refractivity contribution is -0.120. The summed E-state index contributed by atoms with van der Waals surface area (Å²) in [6, 6.07) is 12.3. The monoisotopic (exact) mass is 391 g/mol. The Morgan fingerprint density at radius 1 is 1.07 bits per heavy atom. The second-order valence-electron chi connectivity index (χ2n) is 6.80. The molecule has 4 aromatic rings. The SMILES string of the molecule is O=C(Cc1c[nH]c2ccc(O)cc12)NCCCNc1n[nH]c(=O)c2ccccc12. The van der Waals surface area contributed by atoms with E-state index in [0.717, 1.165) is 21.9 Å². The number of phenols is 1. The highest BCUT2D eigenvalue weighted by Gasteiger charge is 2.09. The lowest BCUT2D eigenvalue weighted by Gasteiger charge is -2.09. The first kappa shape index (κ1) is 18.5. The molecule has 0 atom stereocenters. The third-order valence-electron chi connectivity index (χ3n) is 4.77. The molecule has 2 heterocycles. The molecule has 0 unspecified atom stereocenters. The van der Waals surface area contributed by atoms with E-state index in [4.69, 9.17) is 0 Å².